The van der Waals surface area contributed by atoms with Gasteiger partial charge in [0.05, 0.1) is 11.2 Å². The molecule has 0 spiro atoms. The van der Waals surface area contributed by atoms with Gasteiger partial charge in [0.25, 0.3) is 11.8 Å². The Morgan fingerprint density at radius 2 is 2.05 bits per heavy atom. The lowest BCUT2D eigenvalue weighted by Crippen LogP contribution is -2.15. The van der Waals surface area contributed by atoms with Gasteiger partial charge in [0.2, 0.25) is 0 Å². The van der Waals surface area contributed by atoms with Crippen LogP contribution in [0.25, 0.3) is 0 Å². The summed E-state index contributed by atoms with van der Waals surface area (Å²) in [5, 5.41) is 5.53. The Hall–Kier alpha value is -1.80. The van der Waals surface area contributed by atoms with Gasteiger partial charge in [-0.1, -0.05) is 32.1 Å². The van der Waals surface area contributed by atoms with E-state index in [2.05, 4.69) is 15.3 Å². The van der Waals surface area contributed by atoms with Gasteiger partial charge < -0.3 is 5.73 Å². The van der Waals surface area contributed by atoms with Crippen molar-refractivity contribution >= 4 is 39.6 Å². The predicted octanol–water partition coefficient (Wildman–Crippen LogP) is 2.25. The van der Waals surface area contributed by atoms with Crippen LogP contribution in [0.5, 0.6) is 0 Å². The smallest absolute Gasteiger partial charge is 0.276 e. The highest BCUT2D eigenvalue weighted by atomic mass is 32.1. The van der Waals surface area contributed by atoms with Gasteiger partial charge in [-0.05, 0) is 0 Å². The summed E-state index contributed by atoms with van der Waals surface area (Å²) in [7, 11) is 0. The van der Waals surface area contributed by atoms with Crippen LogP contribution in [0.3, 0.4) is 0 Å². The number of primary amides is 1. The zero-order valence-electron chi connectivity index (χ0n) is 11.3. The Balaban J connectivity index is 2.11. The number of carbonyl (C=O) groups is 2. The van der Waals surface area contributed by atoms with Crippen LogP contribution in [0, 0.1) is 0 Å². The first kappa shape index (κ1) is 14.6. The molecule has 2 heterocycles. The van der Waals surface area contributed by atoms with Crippen LogP contribution in [0.1, 0.15) is 45.9 Å². The molecule has 8 heteroatoms. The van der Waals surface area contributed by atoms with E-state index in [9.17, 15) is 9.59 Å². The van der Waals surface area contributed by atoms with Crippen molar-refractivity contribution in [2.75, 3.05) is 5.32 Å². The van der Waals surface area contributed by atoms with Crippen molar-refractivity contribution in [3.8, 4) is 0 Å². The Morgan fingerprint density at radius 3 is 2.55 bits per heavy atom. The summed E-state index contributed by atoms with van der Waals surface area (Å²) < 4.78 is 0. The average Bonchev–Trinajstić information content (AvgIpc) is 2.95. The lowest BCUT2D eigenvalue weighted by molar-refractivity contribution is 0.1000. The van der Waals surface area contributed by atoms with Gasteiger partial charge in [0.15, 0.2) is 5.13 Å². The molecule has 0 fully saturated rings. The third-order valence-electron chi connectivity index (χ3n) is 2.35. The number of nitrogens with one attached hydrogen (secondary N) is 1. The first-order valence-electron chi connectivity index (χ1n) is 5.80. The molecule has 2 rings (SSSR count). The monoisotopic (exact) mass is 310 g/mol. The molecule has 0 radical (unpaired) electrons. The van der Waals surface area contributed by atoms with Crippen LogP contribution >= 0.6 is 22.7 Å². The van der Waals surface area contributed by atoms with Crippen LogP contribution in [-0.2, 0) is 5.41 Å². The number of aromatic nitrogens is 2. The maximum Gasteiger partial charge on any atom is 0.276 e. The number of anilines is 1. The second-order valence-electron chi connectivity index (χ2n) is 5.14. The lowest BCUT2D eigenvalue weighted by atomic mass is 9.98. The third kappa shape index (κ3) is 3.20. The van der Waals surface area contributed by atoms with E-state index in [4.69, 9.17) is 5.73 Å². The van der Waals surface area contributed by atoms with Crippen LogP contribution in [0.15, 0.2) is 11.6 Å². The number of thiazole rings is 2. The highest BCUT2D eigenvalue weighted by molar-refractivity contribution is 7.17. The number of rotatable bonds is 3. The van der Waals surface area contributed by atoms with E-state index < -0.39 is 5.91 Å². The van der Waals surface area contributed by atoms with Crippen LogP contribution in [-0.4, -0.2) is 21.8 Å². The second kappa shape index (κ2) is 5.29. The summed E-state index contributed by atoms with van der Waals surface area (Å²) in [5.74, 6) is -0.909. The molecule has 2 aromatic rings. The average molecular weight is 310 g/mol. The number of hydrogen-bond acceptors (Lipinski definition) is 6. The van der Waals surface area contributed by atoms with Crippen LogP contribution in [0.4, 0.5) is 5.13 Å². The highest BCUT2D eigenvalue weighted by Crippen LogP contribution is 2.26. The maximum absolute atomic E-state index is 12.0. The highest BCUT2D eigenvalue weighted by Gasteiger charge is 2.21. The van der Waals surface area contributed by atoms with E-state index in [-0.39, 0.29) is 11.3 Å². The molecule has 0 aliphatic carbocycles. The van der Waals surface area contributed by atoms with E-state index in [1.807, 2.05) is 20.8 Å². The van der Waals surface area contributed by atoms with E-state index >= 15 is 0 Å². The van der Waals surface area contributed by atoms with Crippen molar-refractivity contribution in [2.45, 2.75) is 26.2 Å². The Kier molecular flexibility index (Phi) is 3.87. The summed E-state index contributed by atoms with van der Waals surface area (Å²) in [5.41, 5.74) is 5.38. The van der Waals surface area contributed by atoms with Crippen LogP contribution < -0.4 is 11.1 Å². The third-order valence-corrected chi connectivity index (χ3v) is 4.54. The largest absolute Gasteiger partial charge is 0.365 e. The van der Waals surface area contributed by atoms with Gasteiger partial charge in [-0.3, -0.25) is 14.9 Å². The molecule has 2 amide bonds. The fraction of sp³-hybridized carbons (Fsp3) is 0.333. The predicted molar refractivity (Wildman–Crippen MR) is 79.4 cm³/mol. The quantitative estimate of drug-likeness (QED) is 0.908. The minimum atomic E-state index is -0.563. The molecule has 6 nitrogen and oxygen atoms in total. The molecule has 0 saturated carbocycles. The molecule has 0 saturated heterocycles. The summed E-state index contributed by atoms with van der Waals surface area (Å²) in [6.45, 7) is 6.11. The van der Waals surface area contributed by atoms with Crippen molar-refractivity contribution in [1.29, 1.82) is 0 Å². The van der Waals surface area contributed by atoms with E-state index in [1.54, 1.807) is 5.38 Å². The summed E-state index contributed by atoms with van der Waals surface area (Å²) >= 11 is 2.48. The number of nitrogens with zero attached hydrogens (tertiary/aromatic N) is 2. The van der Waals surface area contributed by atoms with Crippen molar-refractivity contribution < 1.29 is 9.59 Å². The van der Waals surface area contributed by atoms with E-state index in [0.717, 1.165) is 16.3 Å². The van der Waals surface area contributed by atoms with Crippen molar-refractivity contribution in [3.63, 3.8) is 0 Å². The molecular weight excluding hydrogens is 296 g/mol. The van der Waals surface area contributed by atoms with E-state index in [1.165, 1.54) is 17.5 Å². The van der Waals surface area contributed by atoms with Gasteiger partial charge in [-0.15, -0.1) is 11.3 Å². The first-order chi connectivity index (χ1) is 9.27. The van der Waals surface area contributed by atoms with Gasteiger partial charge in [-0.2, -0.15) is 0 Å². The Bertz CT molecular complexity index is 654. The normalized spacial score (nSPS) is 11.3. The van der Waals surface area contributed by atoms with Crippen molar-refractivity contribution in [1.82, 2.24) is 9.97 Å². The molecule has 0 aromatic carbocycles. The van der Waals surface area contributed by atoms with Gasteiger partial charge in [-0.25, -0.2) is 9.97 Å². The molecule has 106 valence electrons. The zero-order chi connectivity index (χ0) is 14.9. The standard InChI is InChI=1S/C12H14N4O2S2/c1-12(2,3)10-15-6(5-19-10)9(18)16-11-14-4-7(20-11)8(13)17/h4-5H,1-3H3,(H2,13,17)(H,14,16,18). The molecular formula is C12H14N4O2S2. The summed E-state index contributed by atoms with van der Waals surface area (Å²) in [6, 6.07) is 0. The Labute approximate surface area is 124 Å². The minimum Gasteiger partial charge on any atom is -0.365 e. The van der Waals surface area contributed by atoms with Gasteiger partial charge in [0, 0.05) is 10.8 Å². The maximum atomic E-state index is 12.0. The summed E-state index contributed by atoms with van der Waals surface area (Å²) in [4.78, 5) is 31.5. The SMILES string of the molecule is CC(C)(C)c1nc(C(=O)Nc2ncc(C(N)=O)s2)cs1. The summed E-state index contributed by atoms with van der Waals surface area (Å²) in [6.07, 6.45) is 1.34. The molecule has 3 N–H and O–H groups in total. The Morgan fingerprint density at radius 1 is 1.35 bits per heavy atom. The number of amides is 2. The van der Waals surface area contributed by atoms with Crippen molar-refractivity contribution in [3.05, 3.63) is 27.2 Å². The second-order valence-corrected chi connectivity index (χ2v) is 7.02. The lowest BCUT2D eigenvalue weighted by Gasteiger charge is -2.13. The minimum absolute atomic E-state index is 0.0937. The molecule has 2 aromatic heterocycles. The molecule has 0 bridgehead atoms. The number of nitrogens with two attached hydrogens (primary N) is 1. The van der Waals surface area contributed by atoms with Crippen molar-refractivity contribution in [2.24, 2.45) is 5.73 Å². The van der Waals surface area contributed by atoms with E-state index in [0.29, 0.717) is 15.7 Å². The van der Waals surface area contributed by atoms with Gasteiger partial charge >= 0.3 is 0 Å². The first-order valence-corrected chi connectivity index (χ1v) is 7.50. The number of carbonyl (C=O) groups excluding carboxylic acids is 2. The number of hydrogen-bond donors (Lipinski definition) is 2. The topological polar surface area (TPSA) is 98.0 Å². The zero-order valence-corrected chi connectivity index (χ0v) is 12.9. The fourth-order valence-corrected chi connectivity index (χ4v) is 2.88. The molecule has 0 atom stereocenters. The fourth-order valence-electron chi connectivity index (χ4n) is 1.33. The molecule has 20 heavy (non-hydrogen) atoms. The van der Waals surface area contributed by atoms with Crippen LogP contribution in [0.2, 0.25) is 0 Å². The van der Waals surface area contributed by atoms with Gasteiger partial charge in [0.1, 0.15) is 10.6 Å². The molecule has 0 aliphatic rings. The molecule has 0 unspecified atom stereocenters. The molecule has 0 aliphatic heterocycles.